The lowest BCUT2D eigenvalue weighted by atomic mass is 9.76. The average Bonchev–Trinajstić information content (AvgIpc) is 2.41. The van der Waals surface area contributed by atoms with Crippen LogP contribution in [0.4, 0.5) is 0 Å². The number of rotatable bonds is 1. The minimum absolute atomic E-state index is 0.281. The van der Waals surface area contributed by atoms with Gasteiger partial charge in [0.25, 0.3) is 0 Å². The monoisotopic (exact) mass is 185 g/mol. The molecule has 74 valence electrons. The van der Waals surface area contributed by atoms with Crippen LogP contribution in [0.25, 0.3) is 0 Å². The molecule has 4 nitrogen and oxygen atoms in total. The van der Waals surface area contributed by atoms with Crippen LogP contribution in [-0.4, -0.2) is 49.3 Å². The number of hydrogen-bond donors (Lipinski definition) is 1. The fourth-order valence-electron chi connectivity index (χ4n) is 2.54. The van der Waals surface area contributed by atoms with E-state index in [1.165, 1.54) is 0 Å². The van der Waals surface area contributed by atoms with Crippen LogP contribution < -0.4 is 0 Å². The summed E-state index contributed by atoms with van der Waals surface area (Å²) in [7, 11) is 1.98. The second-order valence-electron chi connectivity index (χ2n) is 4.20. The highest BCUT2D eigenvalue weighted by atomic mass is 16.5. The summed E-state index contributed by atoms with van der Waals surface area (Å²) < 4.78 is 5.29. The fraction of sp³-hybridized carbons (Fsp3) is 0.889. The van der Waals surface area contributed by atoms with Crippen LogP contribution in [0.2, 0.25) is 0 Å². The predicted molar refractivity (Wildman–Crippen MR) is 46.5 cm³/mol. The Morgan fingerprint density at radius 2 is 2.46 bits per heavy atom. The third-order valence-electron chi connectivity index (χ3n) is 3.26. The molecule has 2 rings (SSSR count). The largest absolute Gasteiger partial charge is 0.481 e. The lowest BCUT2D eigenvalue weighted by molar-refractivity contribution is -0.159. The van der Waals surface area contributed by atoms with Crippen molar-refractivity contribution in [2.75, 3.05) is 33.4 Å². The molecule has 0 bridgehead atoms. The fourth-order valence-corrected chi connectivity index (χ4v) is 2.54. The van der Waals surface area contributed by atoms with Gasteiger partial charge in [-0.1, -0.05) is 0 Å². The number of aliphatic carboxylic acids is 1. The van der Waals surface area contributed by atoms with Gasteiger partial charge in [0, 0.05) is 19.7 Å². The second-order valence-corrected chi connectivity index (χ2v) is 4.20. The van der Waals surface area contributed by atoms with Crippen molar-refractivity contribution in [1.82, 2.24) is 4.90 Å². The molecule has 4 heteroatoms. The molecule has 0 aromatic rings. The number of hydrogen-bond acceptors (Lipinski definition) is 3. The molecule has 13 heavy (non-hydrogen) atoms. The predicted octanol–water partition coefficient (Wildman–Crippen LogP) is 0.0393. The van der Waals surface area contributed by atoms with E-state index in [1.54, 1.807) is 0 Å². The van der Waals surface area contributed by atoms with E-state index in [9.17, 15) is 9.90 Å². The molecular weight excluding hydrogens is 170 g/mol. The summed E-state index contributed by atoms with van der Waals surface area (Å²) in [6.45, 7) is 2.63. The Bertz CT molecular complexity index is 231. The lowest BCUT2D eigenvalue weighted by Gasteiger charge is -2.34. The number of carboxylic acid groups (broad SMARTS) is 1. The maximum Gasteiger partial charge on any atom is 0.313 e. The summed E-state index contributed by atoms with van der Waals surface area (Å²) in [5.41, 5.74) is -0.618. The maximum atomic E-state index is 11.2. The van der Waals surface area contributed by atoms with Crippen molar-refractivity contribution < 1.29 is 14.6 Å². The van der Waals surface area contributed by atoms with Crippen LogP contribution >= 0.6 is 0 Å². The molecule has 2 heterocycles. The zero-order chi connectivity index (χ0) is 9.47. The Balaban J connectivity index is 2.24. The van der Waals surface area contributed by atoms with Gasteiger partial charge in [-0.05, 0) is 19.4 Å². The van der Waals surface area contributed by atoms with Gasteiger partial charge in [0.05, 0.1) is 6.61 Å². The second kappa shape index (κ2) is 2.96. The molecule has 2 fully saturated rings. The minimum Gasteiger partial charge on any atom is -0.481 e. The highest BCUT2D eigenvalue weighted by Crippen LogP contribution is 2.40. The topological polar surface area (TPSA) is 49.8 Å². The number of likely N-dealkylation sites (tertiary alicyclic amines) is 1. The van der Waals surface area contributed by atoms with Gasteiger partial charge >= 0.3 is 5.97 Å². The first kappa shape index (κ1) is 8.97. The quantitative estimate of drug-likeness (QED) is 0.626. The zero-order valence-electron chi connectivity index (χ0n) is 7.82. The smallest absolute Gasteiger partial charge is 0.313 e. The summed E-state index contributed by atoms with van der Waals surface area (Å²) in [5.74, 6) is -0.412. The number of carbonyl (C=O) groups is 1. The molecule has 2 aliphatic rings. The molecule has 0 aliphatic carbocycles. The molecule has 0 radical (unpaired) electrons. The Labute approximate surface area is 77.5 Å². The van der Waals surface area contributed by atoms with E-state index < -0.39 is 11.4 Å². The van der Waals surface area contributed by atoms with Gasteiger partial charge < -0.3 is 14.7 Å². The molecule has 0 spiro atoms. The molecule has 0 saturated carbocycles. The van der Waals surface area contributed by atoms with Crippen molar-refractivity contribution in [3.05, 3.63) is 0 Å². The highest BCUT2D eigenvalue weighted by Gasteiger charge is 2.53. The highest BCUT2D eigenvalue weighted by molar-refractivity contribution is 5.76. The van der Waals surface area contributed by atoms with Crippen LogP contribution in [0, 0.1) is 11.3 Å². The Kier molecular flexibility index (Phi) is 2.04. The van der Waals surface area contributed by atoms with E-state index in [-0.39, 0.29) is 5.92 Å². The van der Waals surface area contributed by atoms with E-state index in [2.05, 4.69) is 4.90 Å². The average molecular weight is 185 g/mol. The van der Waals surface area contributed by atoms with Gasteiger partial charge in [0.1, 0.15) is 5.41 Å². The number of carboxylic acids is 1. The SMILES string of the molecule is CN1C[C@@H]2CCOC[C@]2(C(=O)O)C1. The van der Waals surface area contributed by atoms with E-state index in [4.69, 9.17) is 4.74 Å². The van der Waals surface area contributed by atoms with Gasteiger partial charge in [0.2, 0.25) is 0 Å². The van der Waals surface area contributed by atoms with E-state index in [0.29, 0.717) is 19.8 Å². The summed E-state index contributed by atoms with van der Waals surface area (Å²) in [6, 6.07) is 0. The minimum atomic E-state index is -0.693. The van der Waals surface area contributed by atoms with Gasteiger partial charge in [-0.15, -0.1) is 0 Å². The molecule has 2 saturated heterocycles. The Hall–Kier alpha value is -0.610. The first-order valence-electron chi connectivity index (χ1n) is 4.65. The molecule has 0 unspecified atom stereocenters. The lowest BCUT2D eigenvalue weighted by Crippen LogP contribution is -2.46. The number of fused-ring (bicyclic) bond motifs is 1. The molecule has 1 N–H and O–H groups in total. The molecule has 0 aromatic carbocycles. The van der Waals surface area contributed by atoms with Crippen LogP contribution in [-0.2, 0) is 9.53 Å². The van der Waals surface area contributed by atoms with Crippen molar-refractivity contribution in [3.63, 3.8) is 0 Å². The van der Waals surface area contributed by atoms with E-state index >= 15 is 0 Å². The molecule has 2 aliphatic heterocycles. The Morgan fingerprint density at radius 1 is 1.69 bits per heavy atom. The first-order chi connectivity index (χ1) is 6.15. The van der Waals surface area contributed by atoms with Crippen molar-refractivity contribution in [2.45, 2.75) is 6.42 Å². The molecule has 0 aromatic heterocycles. The zero-order valence-corrected chi connectivity index (χ0v) is 7.82. The van der Waals surface area contributed by atoms with Crippen molar-refractivity contribution in [2.24, 2.45) is 11.3 Å². The summed E-state index contributed by atoms with van der Waals surface area (Å²) in [6.07, 6.45) is 0.886. The summed E-state index contributed by atoms with van der Waals surface area (Å²) >= 11 is 0. The van der Waals surface area contributed by atoms with Crippen LogP contribution in [0.3, 0.4) is 0 Å². The van der Waals surface area contributed by atoms with Crippen molar-refractivity contribution in [3.8, 4) is 0 Å². The van der Waals surface area contributed by atoms with Crippen LogP contribution in [0.5, 0.6) is 0 Å². The number of ether oxygens (including phenoxy) is 1. The van der Waals surface area contributed by atoms with E-state index in [1.807, 2.05) is 7.05 Å². The normalized spacial score (nSPS) is 40.2. The van der Waals surface area contributed by atoms with E-state index in [0.717, 1.165) is 13.0 Å². The maximum absolute atomic E-state index is 11.2. The van der Waals surface area contributed by atoms with Gasteiger partial charge in [-0.2, -0.15) is 0 Å². The Morgan fingerprint density at radius 3 is 3.08 bits per heavy atom. The van der Waals surface area contributed by atoms with Crippen molar-refractivity contribution >= 4 is 5.97 Å². The van der Waals surface area contributed by atoms with Crippen molar-refractivity contribution in [1.29, 1.82) is 0 Å². The third kappa shape index (κ3) is 1.25. The number of nitrogens with zero attached hydrogens (tertiary/aromatic N) is 1. The van der Waals surface area contributed by atoms with Gasteiger partial charge in [-0.25, -0.2) is 0 Å². The van der Waals surface area contributed by atoms with Crippen LogP contribution in [0.15, 0.2) is 0 Å². The van der Waals surface area contributed by atoms with Crippen LogP contribution in [0.1, 0.15) is 6.42 Å². The van der Waals surface area contributed by atoms with Gasteiger partial charge in [-0.3, -0.25) is 4.79 Å². The molecular formula is C9H15NO3. The molecule has 0 amide bonds. The molecule has 2 atom stereocenters. The first-order valence-corrected chi connectivity index (χ1v) is 4.65. The summed E-state index contributed by atoms with van der Waals surface area (Å²) in [4.78, 5) is 13.3. The third-order valence-corrected chi connectivity index (χ3v) is 3.26. The summed E-state index contributed by atoms with van der Waals surface area (Å²) in [5, 5.41) is 9.21. The van der Waals surface area contributed by atoms with Gasteiger partial charge in [0.15, 0.2) is 0 Å². The standard InChI is InChI=1S/C9H15NO3/c1-10-4-7-2-3-13-6-9(7,5-10)8(11)12/h7H,2-6H2,1H3,(H,11,12)/t7-,9+/m0/s1.